The van der Waals surface area contributed by atoms with Crippen molar-refractivity contribution < 1.29 is 0 Å². The quantitative estimate of drug-likeness (QED) is 0.515. The number of hydrogen-bond donors (Lipinski definition) is 1. The molecule has 2 unspecified atom stereocenters. The first-order valence-corrected chi connectivity index (χ1v) is 5.38. The van der Waals surface area contributed by atoms with Crippen molar-refractivity contribution in [2.75, 3.05) is 0 Å². The first-order valence-electron chi connectivity index (χ1n) is 5.38. The smallest absolute Gasteiger partial charge is 0.0414 e. The topological polar surface area (TPSA) is 23.9 Å². The molecule has 1 nitrogen and oxygen atoms in total. The van der Waals surface area contributed by atoms with E-state index in [2.05, 4.69) is 32.2 Å². The lowest BCUT2D eigenvalue weighted by atomic mass is 9.85. The molecular formula is C14H19N. The van der Waals surface area contributed by atoms with Gasteiger partial charge in [-0.3, -0.25) is 0 Å². The van der Waals surface area contributed by atoms with Crippen molar-refractivity contribution in [3.63, 3.8) is 0 Å². The van der Waals surface area contributed by atoms with Crippen molar-refractivity contribution in [2.45, 2.75) is 19.8 Å². The zero-order chi connectivity index (χ0) is 11.3. The van der Waals surface area contributed by atoms with Crippen LogP contribution in [0.15, 0.2) is 49.1 Å². The van der Waals surface area contributed by atoms with Crippen LogP contribution in [-0.2, 0) is 0 Å². The molecule has 0 spiro atoms. The van der Waals surface area contributed by atoms with Gasteiger partial charge in [0.05, 0.1) is 0 Å². The van der Waals surface area contributed by atoms with E-state index in [1.54, 1.807) is 0 Å². The van der Waals surface area contributed by atoms with Crippen LogP contribution >= 0.6 is 0 Å². The largest absolute Gasteiger partial charge is 0.304 e. The molecule has 1 aliphatic carbocycles. The maximum Gasteiger partial charge on any atom is 0.0414 e. The second kappa shape index (κ2) is 5.50. The summed E-state index contributed by atoms with van der Waals surface area (Å²) in [6, 6.07) is 0. The summed E-state index contributed by atoms with van der Waals surface area (Å²) in [6.07, 6.45) is 11.9. The number of nitrogens with one attached hydrogen (secondary N) is 1. The van der Waals surface area contributed by atoms with Gasteiger partial charge in [0.2, 0.25) is 0 Å². The SMILES string of the molecule is C=CCC(C)C(=C)C(=N)C1C=CC=CC1. The van der Waals surface area contributed by atoms with E-state index >= 15 is 0 Å². The van der Waals surface area contributed by atoms with E-state index in [-0.39, 0.29) is 5.92 Å². The van der Waals surface area contributed by atoms with Crippen molar-refractivity contribution in [1.82, 2.24) is 0 Å². The minimum Gasteiger partial charge on any atom is -0.304 e. The third-order valence-corrected chi connectivity index (χ3v) is 2.81. The van der Waals surface area contributed by atoms with Crippen molar-refractivity contribution in [3.05, 3.63) is 49.1 Å². The van der Waals surface area contributed by atoms with Gasteiger partial charge in [-0.15, -0.1) is 6.58 Å². The molecule has 2 atom stereocenters. The van der Waals surface area contributed by atoms with E-state index < -0.39 is 0 Å². The zero-order valence-corrected chi connectivity index (χ0v) is 9.37. The maximum atomic E-state index is 8.08. The molecular weight excluding hydrogens is 182 g/mol. The van der Waals surface area contributed by atoms with Crippen LogP contribution in [0.4, 0.5) is 0 Å². The summed E-state index contributed by atoms with van der Waals surface area (Å²) < 4.78 is 0. The molecule has 0 amide bonds. The molecule has 0 bridgehead atoms. The predicted octanol–water partition coefficient (Wildman–Crippen LogP) is 3.91. The summed E-state index contributed by atoms with van der Waals surface area (Å²) in [4.78, 5) is 0. The molecule has 0 fully saturated rings. The Morgan fingerprint density at radius 2 is 2.33 bits per heavy atom. The van der Waals surface area contributed by atoms with Crippen molar-refractivity contribution in [1.29, 1.82) is 5.41 Å². The fourth-order valence-electron chi connectivity index (χ4n) is 1.69. The Hall–Kier alpha value is -1.37. The summed E-state index contributed by atoms with van der Waals surface area (Å²) in [6.45, 7) is 9.83. The zero-order valence-electron chi connectivity index (χ0n) is 9.37. The van der Waals surface area contributed by atoms with Gasteiger partial charge in [-0.2, -0.15) is 0 Å². The molecule has 1 aliphatic rings. The van der Waals surface area contributed by atoms with Crippen LogP contribution < -0.4 is 0 Å². The molecule has 0 radical (unpaired) electrons. The number of rotatable bonds is 5. The number of hydrogen-bond acceptors (Lipinski definition) is 1. The molecule has 1 N–H and O–H groups in total. The molecule has 0 saturated heterocycles. The Balaban J connectivity index is 2.60. The minimum atomic E-state index is 0.217. The van der Waals surface area contributed by atoms with Crippen LogP contribution in [0.25, 0.3) is 0 Å². The van der Waals surface area contributed by atoms with Crippen LogP contribution in [0.3, 0.4) is 0 Å². The summed E-state index contributed by atoms with van der Waals surface area (Å²) in [5.74, 6) is 0.545. The monoisotopic (exact) mass is 201 g/mol. The Labute approximate surface area is 92.4 Å². The van der Waals surface area contributed by atoms with Crippen LogP contribution in [0, 0.1) is 17.2 Å². The van der Waals surface area contributed by atoms with Gasteiger partial charge in [-0.25, -0.2) is 0 Å². The minimum absolute atomic E-state index is 0.217. The van der Waals surface area contributed by atoms with Gasteiger partial charge in [0.15, 0.2) is 0 Å². The summed E-state index contributed by atoms with van der Waals surface area (Å²) in [5, 5.41) is 8.08. The van der Waals surface area contributed by atoms with E-state index in [0.29, 0.717) is 11.6 Å². The normalized spacial score (nSPS) is 21.0. The summed E-state index contributed by atoms with van der Waals surface area (Å²) in [5.41, 5.74) is 1.62. The van der Waals surface area contributed by atoms with Gasteiger partial charge in [0.25, 0.3) is 0 Å². The molecule has 1 heteroatoms. The second-order valence-electron chi connectivity index (χ2n) is 4.02. The Kier molecular flexibility index (Phi) is 4.29. The summed E-state index contributed by atoms with van der Waals surface area (Å²) in [7, 11) is 0. The average Bonchev–Trinajstić information content (AvgIpc) is 2.28. The number of allylic oxidation sites excluding steroid dienone is 6. The Morgan fingerprint density at radius 1 is 1.60 bits per heavy atom. The molecule has 0 aromatic heterocycles. The first kappa shape index (κ1) is 11.7. The predicted molar refractivity (Wildman–Crippen MR) is 67.2 cm³/mol. The fraction of sp³-hybridized carbons (Fsp3) is 0.357. The standard InChI is InChI=1S/C14H19N/c1-4-8-11(2)12(3)14(15)13-9-6-5-7-10-13/h4-7,9,11,13,15H,1,3,8,10H2,2H3. The second-order valence-corrected chi connectivity index (χ2v) is 4.02. The first-order chi connectivity index (χ1) is 7.16. The van der Waals surface area contributed by atoms with Gasteiger partial charge < -0.3 is 5.41 Å². The molecule has 15 heavy (non-hydrogen) atoms. The molecule has 0 saturated carbocycles. The lowest BCUT2D eigenvalue weighted by Gasteiger charge is -2.20. The van der Waals surface area contributed by atoms with Crippen LogP contribution in [0.5, 0.6) is 0 Å². The van der Waals surface area contributed by atoms with Crippen LogP contribution in [0.2, 0.25) is 0 Å². The lowest BCUT2D eigenvalue weighted by molar-refractivity contribution is 0.709. The third-order valence-electron chi connectivity index (χ3n) is 2.81. The molecule has 0 aromatic rings. The van der Waals surface area contributed by atoms with E-state index in [4.69, 9.17) is 5.41 Å². The highest BCUT2D eigenvalue weighted by atomic mass is 14.5. The van der Waals surface area contributed by atoms with Gasteiger partial charge in [0, 0.05) is 11.6 Å². The van der Waals surface area contributed by atoms with E-state index in [1.165, 1.54) is 0 Å². The molecule has 1 rings (SSSR count). The van der Waals surface area contributed by atoms with E-state index in [9.17, 15) is 0 Å². The highest BCUT2D eigenvalue weighted by molar-refractivity contribution is 6.00. The fourth-order valence-corrected chi connectivity index (χ4v) is 1.69. The molecule has 0 aromatic carbocycles. The van der Waals surface area contributed by atoms with E-state index in [0.717, 1.165) is 18.4 Å². The van der Waals surface area contributed by atoms with Crippen LogP contribution in [0.1, 0.15) is 19.8 Å². The van der Waals surface area contributed by atoms with Crippen LogP contribution in [-0.4, -0.2) is 5.71 Å². The molecule has 0 aliphatic heterocycles. The Bertz CT molecular complexity index is 320. The summed E-state index contributed by atoms with van der Waals surface area (Å²) >= 11 is 0. The van der Waals surface area contributed by atoms with Crippen molar-refractivity contribution in [3.8, 4) is 0 Å². The van der Waals surface area contributed by atoms with Gasteiger partial charge in [-0.1, -0.05) is 43.9 Å². The van der Waals surface area contributed by atoms with Gasteiger partial charge >= 0.3 is 0 Å². The highest BCUT2D eigenvalue weighted by Gasteiger charge is 2.17. The Morgan fingerprint density at radius 3 is 2.87 bits per heavy atom. The molecule has 80 valence electrons. The molecule has 0 heterocycles. The van der Waals surface area contributed by atoms with Gasteiger partial charge in [-0.05, 0) is 24.3 Å². The van der Waals surface area contributed by atoms with E-state index in [1.807, 2.05) is 18.2 Å². The lowest BCUT2D eigenvalue weighted by Crippen LogP contribution is -2.17. The maximum absolute atomic E-state index is 8.08. The average molecular weight is 201 g/mol. The van der Waals surface area contributed by atoms with Gasteiger partial charge in [0.1, 0.15) is 0 Å². The van der Waals surface area contributed by atoms with Crippen molar-refractivity contribution in [2.24, 2.45) is 11.8 Å². The third kappa shape index (κ3) is 3.05. The van der Waals surface area contributed by atoms with Crippen molar-refractivity contribution >= 4 is 5.71 Å². The highest BCUT2D eigenvalue weighted by Crippen LogP contribution is 2.22.